The van der Waals surface area contributed by atoms with Gasteiger partial charge < -0.3 is 14.5 Å². The minimum Gasteiger partial charge on any atom is -0.449 e. The smallest absolute Gasteiger partial charge is 0.342 e. The molecule has 6 nitrogen and oxygen atoms in total. The monoisotopic (exact) mass is 351 g/mol. The molecule has 1 aromatic heterocycles. The summed E-state index contributed by atoms with van der Waals surface area (Å²) in [6.45, 7) is 4.17. The van der Waals surface area contributed by atoms with Crippen molar-refractivity contribution in [2.24, 2.45) is 0 Å². The van der Waals surface area contributed by atoms with Crippen molar-refractivity contribution in [3.8, 4) is 0 Å². The summed E-state index contributed by atoms with van der Waals surface area (Å²) in [6.07, 6.45) is -1.34. The Balaban J connectivity index is 2.14. The lowest BCUT2D eigenvalue weighted by Gasteiger charge is -2.15. The number of anilines is 1. The van der Waals surface area contributed by atoms with Gasteiger partial charge in [0, 0.05) is 6.07 Å². The molecule has 0 bridgehead atoms. The topological polar surface area (TPSA) is 85.6 Å². The lowest BCUT2D eigenvalue weighted by atomic mass is 10.1. The molecule has 0 saturated carbocycles. The molecule has 2 rings (SSSR count). The maximum atomic E-state index is 13.5. The highest BCUT2D eigenvalue weighted by Crippen LogP contribution is 2.19. The number of amides is 1. The van der Waals surface area contributed by atoms with Gasteiger partial charge in [0.05, 0.1) is 0 Å². The number of esters is 1. The molecule has 0 aliphatic heterocycles. The molecule has 1 amide bonds. The lowest BCUT2D eigenvalue weighted by molar-refractivity contribution is -0.123. The number of carbonyl (C=O) groups excluding carboxylic acids is 2. The van der Waals surface area contributed by atoms with Crippen LogP contribution >= 0.6 is 0 Å². The van der Waals surface area contributed by atoms with Gasteiger partial charge in [-0.05, 0) is 38.5 Å². The van der Waals surface area contributed by atoms with Gasteiger partial charge in [-0.25, -0.2) is 18.4 Å². The lowest BCUT2D eigenvalue weighted by Crippen LogP contribution is -2.31. The fourth-order valence-corrected chi connectivity index (χ4v) is 2.18. The minimum absolute atomic E-state index is 0.0105. The molecule has 1 aromatic carbocycles. The van der Waals surface area contributed by atoms with Crippen LogP contribution in [0.2, 0.25) is 0 Å². The molecule has 1 unspecified atom stereocenters. The third-order valence-corrected chi connectivity index (χ3v) is 3.40. The summed E-state index contributed by atoms with van der Waals surface area (Å²) in [5, 5.41) is 2.03. The molecule has 25 heavy (non-hydrogen) atoms. The molecule has 1 heterocycles. The van der Waals surface area contributed by atoms with Crippen molar-refractivity contribution in [3.63, 3.8) is 0 Å². The number of hydrogen-bond donors (Lipinski definition) is 1. The van der Waals surface area contributed by atoms with Crippen LogP contribution in [0.3, 0.4) is 0 Å². The predicted molar refractivity (Wildman–Crippen MR) is 84.3 cm³/mol. The minimum atomic E-state index is -1.34. The number of para-hydroxylation sites is 1. The summed E-state index contributed by atoms with van der Waals surface area (Å²) in [7, 11) is 0. The fourth-order valence-electron chi connectivity index (χ4n) is 2.18. The van der Waals surface area contributed by atoms with Gasteiger partial charge in [-0.3, -0.25) is 4.79 Å². The summed E-state index contributed by atoms with van der Waals surface area (Å²) in [5.74, 6) is -3.67. The first-order chi connectivity index (χ1) is 11.7. The third-order valence-electron chi connectivity index (χ3n) is 3.40. The first-order valence-corrected chi connectivity index (χ1v) is 7.28. The van der Waals surface area contributed by atoms with E-state index in [4.69, 9.17) is 9.15 Å². The Bertz CT molecular complexity index is 845. The second kappa shape index (κ2) is 7.25. The molecule has 1 atom stereocenters. The standard InChI is InChI=1S/C17H15F2NO5/c1-8-7-13(21)24-9(2)14(8)17(23)25-10(3)16(22)20-15-11(18)5-4-6-12(15)19/h4-7,10H,1-3H3,(H,20,22). The van der Waals surface area contributed by atoms with Gasteiger partial charge in [0.1, 0.15) is 28.6 Å². The van der Waals surface area contributed by atoms with Gasteiger partial charge in [-0.15, -0.1) is 0 Å². The number of aryl methyl sites for hydroxylation is 2. The molecule has 0 fully saturated rings. The van der Waals surface area contributed by atoms with Gasteiger partial charge in [0.15, 0.2) is 6.10 Å². The van der Waals surface area contributed by atoms with Crippen LogP contribution in [-0.4, -0.2) is 18.0 Å². The van der Waals surface area contributed by atoms with Crippen molar-refractivity contribution in [2.75, 3.05) is 5.32 Å². The molecule has 0 saturated heterocycles. The second-order valence-electron chi connectivity index (χ2n) is 5.31. The average molecular weight is 351 g/mol. The highest BCUT2D eigenvalue weighted by atomic mass is 19.1. The van der Waals surface area contributed by atoms with Crippen molar-refractivity contribution in [1.29, 1.82) is 0 Å². The zero-order chi connectivity index (χ0) is 18.7. The van der Waals surface area contributed by atoms with Crippen LogP contribution in [0.15, 0.2) is 33.5 Å². The van der Waals surface area contributed by atoms with E-state index in [1.807, 2.05) is 5.32 Å². The summed E-state index contributed by atoms with van der Waals surface area (Å²) in [6, 6.07) is 4.23. The number of benzene rings is 1. The second-order valence-corrected chi connectivity index (χ2v) is 5.31. The maximum Gasteiger partial charge on any atom is 0.342 e. The molecule has 0 radical (unpaired) electrons. The maximum absolute atomic E-state index is 13.5. The number of ether oxygens (including phenoxy) is 1. The number of rotatable bonds is 4. The SMILES string of the molecule is Cc1cc(=O)oc(C)c1C(=O)OC(C)C(=O)Nc1c(F)cccc1F. The molecule has 0 aliphatic rings. The van der Waals surface area contributed by atoms with Gasteiger partial charge in [0.2, 0.25) is 0 Å². The van der Waals surface area contributed by atoms with E-state index in [1.165, 1.54) is 20.8 Å². The summed E-state index contributed by atoms with van der Waals surface area (Å²) in [4.78, 5) is 35.4. The van der Waals surface area contributed by atoms with Crippen molar-refractivity contribution < 1.29 is 27.5 Å². The molecule has 0 spiro atoms. The fraction of sp³-hybridized carbons (Fsp3) is 0.235. The molecule has 1 N–H and O–H groups in total. The first kappa shape index (κ1) is 18.3. The van der Waals surface area contributed by atoms with Crippen LogP contribution in [0.5, 0.6) is 0 Å². The van der Waals surface area contributed by atoms with Crippen molar-refractivity contribution in [1.82, 2.24) is 0 Å². The first-order valence-electron chi connectivity index (χ1n) is 7.28. The van der Waals surface area contributed by atoms with Crippen LogP contribution in [0.1, 0.15) is 28.6 Å². The predicted octanol–water partition coefficient (Wildman–Crippen LogP) is 2.72. The van der Waals surface area contributed by atoms with E-state index in [9.17, 15) is 23.2 Å². The third kappa shape index (κ3) is 4.09. The van der Waals surface area contributed by atoms with Crippen LogP contribution < -0.4 is 10.9 Å². The summed E-state index contributed by atoms with van der Waals surface area (Å²) < 4.78 is 36.9. The molecule has 132 valence electrons. The normalized spacial score (nSPS) is 11.7. The Morgan fingerprint density at radius 2 is 1.80 bits per heavy atom. The highest BCUT2D eigenvalue weighted by molar-refractivity contribution is 5.98. The van der Waals surface area contributed by atoms with Gasteiger partial charge in [-0.1, -0.05) is 6.07 Å². The van der Waals surface area contributed by atoms with Crippen molar-refractivity contribution in [2.45, 2.75) is 26.9 Å². The van der Waals surface area contributed by atoms with Gasteiger partial charge >= 0.3 is 11.6 Å². The zero-order valence-electron chi connectivity index (χ0n) is 13.7. The largest absolute Gasteiger partial charge is 0.449 e. The van der Waals surface area contributed by atoms with E-state index in [1.54, 1.807) is 0 Å². The van der Waals surface area contributed by atoms with Gasteiger partial charge in [0.25, 0.3) is 5.91 Å². The van der Waals surface area contributed by atoms with E-state index in [2.05, 4.69) is 0 Å². The summed E-state index contributed by atoms with van der Waals surface area (Å²) >= 11 is 0. The van der Waals surface area contributed by atoms with E-state index in [0.29, 0.717) is 5.56 Å². The molecular weight excluding hydrogens is 336 g/mol. The van der Waals surface area contributed by atoms with E-state index >= 15 is 0 Å². The van der Waals surface area contributed by atoms with Crippen LogP contribution in [0.4, 0.5) is 14.5 Å². The Hall–Kier alpha value is -3.03. The Morgan fingerprint density at radius 1 is 1.20 bits per heavy atom. The summed E-state index contributed by atoms with van der Waals surface area (Å²) in [5.41, 5.74) is -0.913. The van der Waals surface area contributed by atoms with Crippen molar-refractivity contribution in [3.05, 3.63) is 63.2 Å². The van der Waals surface area contributed by atoms with Gasteiger partial charge in [-0.2, -0.15) is 0 Å². The number of halogens is 2. The molecule has 8 heteroatoms. The number of hydrogen-bond acceptors (Lipinski definition) is 5. The molecule has 0 aliphatic carbocycles. The highest BCUT2D eigenvalue weighted by Gasteiger charge is 2.24. The van der Waals surface area contributed by atoms with E-state index in [0.717, 1.165) is 24.3 Å². The Labute approximate surface area is 141 Å². The van der Waals surface area contributed by atoms with Crippen LogP contribution in [0, 0.1) is 25.5 Å². The van der Waals surface area contributed by atoms with Crippen LogP contribution in [-0.2, 0) is 9.53 Å². The van der Waals surface area contributed by atoms with E-state index < -0.39 is 40.9 Å². The Morgan fingerprint density at radius 3 is 2.36 bits per heavy atom. The van der Waals surface area contributed by atoms with Crippen LogP contribution in [0.25, 0.3) is 0 Å². The molecular formula is C17H15F2NO5. The zero-order valence-corrected chi connectivity index (χ0v) is 13.7. The average Bonchev–Trinajstić information content (AvgIpc) is 2.49. The quantitative estimate of drug-likeness (QED) is 0.856. The Kier molecular flexibility index (Phi) is 5.31. The van der Waals surface area contributed by atoms with Crippen molar-refractivity contribution >= 4 is 17.6 Å². The molecule has 2 aromatic rings. The number of carbonyl (C=O) groups is 2. The number of nitrogens with one attached hydrogen (secondary N) is 1. The van der Waals surface area contributed by atoms with E-state index in [-0.39, 0.29) is 11.3 Å².